The van der Waals surface area contributed by atoms with Crippen molar-refractivity contribution in [1.82, 2.24) is 0 Å². The van der Waals surface area contributed by atoms with E-state index >= 15 is 0 Å². The summed E-state index contributed by atoms with van der Waals surface area (Å²) in [6.07, 6.45) is 0. The Bertz CT molecular complexity index is 93.9. The van der Waals surface area contributed by atoms with Gasteiger partial charge in [-0.25, -0.2) is 5.26 Å². The Morgan fingerprint density at radius 2 is 1.60 bits per heavy atom. The summed E-state index contributed by atoms with van der Waals surface area (Å²) < 4.78 is 19.8. The fourth-order valence-electron chi connectivity index (χ4n) is 0. The zero-order chi connectivity index (χ0) is 8.78. The topological polar surface area (TPSA) is 66.8 Å². The maximum absolute atomic E-state index is 9.01. The third-order valence-corrected chi connectivity index (χ3v) is 0.191. The summed E-state index contributed by atoms with van der Waals surface area (Å²) >= 11 is -1.21. The van der Waals surface area contributed by atoms with Crippen LogP contribution in [0.1, 0.15) is 20.8 Å². The van der Waals surface area contributed by atoms with Crippen LogP contribution in [0.25, 0.3) is 0 Å². The van der Waals surface area contributed by atoms with Gasteiger partial charge in [0.1, 0.15) is 0 Å². The van der Waals surface area contributed by atoms with Gasteiger partial charge in [-0.15, -0.1) is 4.33 Å². The molecule has 0 aromatic carbocycles. The molecule has 0 aromatic rings. The fraction of sp³-hybridized carbons (Fsp3) is 1.00. The van der Waals surface area contributed by atoms with Crippen molar-refractivity contribution in [2.75, 3.05) is 0 Å². The molecule has 0 amide bonds. The number of hydrogen-bond donors (Lipinski definition) is 2. The van der Waals surface area contributed by atoms with Crippen LogP contribution >= 0.6 is 0 Å². The number of rotatable bonds is 1. The molecule has 1 atom stereocenters. The molecular formula is C4H11NaO4S. The maximum Gasteiger partial charge on any atom is 0.330 e. The van der Waals surface area contributed by atoms with Crippen LogP contribution in [0.15, 0.2) is 0 Å². The summed E-state index contributed by atoms with van der Waals surface area (Å²) in [6, 6.07) is 0. The van der Waals surface area contributed by atoms with E-state index in [1.54, 1.807) is 0 Å². The van der Waals surface area contributed by atoms with E-state index in [4.69, 9.17) is 14.0 Å². The summed E-state index contributed by atoms with van der Waals surface area (Å²) in [5, 5.41) is 7.09. The van der Waals surface area contributed by atoms with Crippen molar-refractivity contribution < 1.29 is 18.4 Å². The van der Waals surface area contributed by atoms with Crippen molar-refractivity contribution in [3.8, 4) is 0 Å². The first-order chi connectivity index (χ1) is 4.27. The standard InChI is InChI=1S/C4H9.Na.H2O4S/c1-4(2)3;;1-4-5(2)3/h1-3H3;;1H,(H,2,3). The van der Waals surface area contributed by atoms with Crippen molar-refractivity contribution in [3.63, 3.8) is 0 Å². The van der Waals surface area contributed by atoms with E-state index in [0.717, 1.165) is 0 Å². The van der Waals surface area contributed by atoms with Crippen molar-refractivity contribution in [2.24, 2.45) is 0 Å². The molecule has 0 aromatic heterocycles. The van der Waals surface area contributed by atoms with Crippen LogP contribution in [-0.4, -0.2) is 41.9 Å². The Morgan fingerprint density at radius 3 is 1.60 bits per heavy atom. The van der Waals surface area contributed by atoms with E-state index in [0.29, 0.717) is 2.66 Å². The molecule has 0 fully saturated rings. The molecule has 0 aliphatic heterocycles. The van der Waals surface area contributed by atoms with E-state index in [1.165, 1.54) is 27.9 Å². The Morgan fingerprint density at radius 1 is 1.50 bits per heavy atom. The molecule has 6 heteroatoms. The molecule has 0 spiro atoms. The van der Waals surface area contributed by atoms with Crippen LogP contribution < -0.4 is 0 Å². The third kappa shape index (κ3) is 63.4. The quantitative estimate of drug-likeness (QED) is 0.272. The molecule has 0 saturated carbocycles. The molecule has 10 heavy (non-hydrogen) atoms. The molecule has 0 bridgehead atoms. The van der Waals surface area contributed by atoms with E-state index in [2.05, 4.69) is 25.1 Å². The fourth-order valence-corrected chi connectivity index (χ4v) is 0. The van der Waals surface area contributed by atoms with E-state index in [-0.39, 0.29) is 0 Å². The van der Waals surface area contributed by atoms with E-state index in [1.807, 2.05) is 0 Å². The molecule has 0 saturated heterocycles. The van der Waals surface area contributed by atoms with Gasteiger partial charge in [-0.1, -0.05) is 0 Å². The van der Waals surface area contributed by atoms with Crippen molar-refractivity contribution in [3.05, 3.63) is 0 Å². The van der Waals surface area contributed by atoms with E-state index in [9.17, 15) is 0 Å². The predicted molar refractivity (Wildman–Crippen MR) is 40.0 cm³/mol. The van der Waals surface area contributed by atoms with Crippen molar-refractivity contribution in [1.29, 1.82) is 0 Å². The van der Waals surface area contributed by atoms with Crippen molar-refractivity contribution >= 4 is 39.3 Å². The normalized spacial score (nSPS) is 13.5. The monoisotopic (exact) mass is 178 g/mol. The van der Waals surface area contributed by atoms with Crippen LogP contribution in [0.2, 0.25) is 2.66 Å². The average Bonchev–Trinajstić information content (AvgIpc) is 1.61. The van der Waals surface area contributed by atoms with Crippen LogP contribution in [0, 0.1) is 0 Å². The van der Waals surface area contributed by atoms with Gasteiger partial charge < -0.3 is 0 Å². The van der Waals surface area contributed by atoms with Crippen LogP contribution in [-0.2, 0) is 15.7 Å². The third-order valence-electron chi connectivity index (χ3n) is 0.0638. The smallest absolute Gasteiger partial charge is 0.282 e. The minimum Gasteiger partial charge on any atom is -0.282 e. The minimum atomic E-state index is -2.52. The summed E-state index contributed by atoms with van der Waals surface area (Å²) in [6.45, 7) is 6.75. The van der Waals surface area contributed by atoms with Gasteiger partial charge in [-0.3, -0.25) is 4.55 Å². The molecule has 58 valence electrons. The Balaban J connectivity index is 0. The minimum absolute atomic E-state index is 0.639. The SMILES string of the molecule is C[C](C)(C)[Na].O=S(O)OO. The summed E-state index contributed by atoms with van der Waals surface area (Å²) in [4.78, 5) is 0. The van der Waals surface area contributed by atoms with Gasteiger partial charge >= 0.3 is 62.7 Å². The largest absolute Gasteiger partial charge is 0.330 e. The maximum atomic E-state index is 9.01. The zero-order valence-corrected chi connectivity index (χ0v) is 9.44. The Labute approximate surface area is 80.8 Å². The Kier molecular flexibility index (Phi) is 9.15. The van der Waals surface area contributed by atoms with Gasteiger partial charge in [0.25, 0.3) is 0 Å². The van der Waals surface area contributed by atoms with Crippen LogP contribution in [0.5, 0.6) is 0 Å². The predicted octanol–water partition coefficient (Wildman–Crippen LogP) is 0.986. The van der Waals surface area contributed by atoms with Gasteiger partial charge in [0, 0.05) is 0 Å². The van der Waals surface area contributed by atoms with Gasteiger partial charge in [0.2, 0.25) is 0 Å². The van der Waals surface area contributed by atoms with Crippen molar-refractivity contribution in [2.45, 2.75) is 23.4 Å². The van der Waals surface area contributed by atoms with Gasteiger partial charge in [-0.05, 0) is 0 Å². The van der Waals surface area contributed by atoms with Crippen LogP contribution in [0.4, 0.5) is 0 Å². The molecule has 0 heterocycles. The molecule has 2 N–H and O–H groups in total. The second kappa shape index (κ2) is 6.72. The van der Waals surface area contributed by atoms with Gasteiger partial charge in [-0.2, -0.15) is 4.21 Å². The summed E-state index contributed by atoms with van der Waals surface area (Å²) in [7, 11) is 0. The molecule has 0 aliphatic carbocycles. The Hall–Kier alpha value is 1.03. The van der Waals surface area contributed by atoms with E-state index < -0.39 is 11.4 Å². The first kappa shape index (κ1) is 13.6. The molecule has 0 rings (SSSR count). The average molecular weight is 178 g/mol. The zero-order valence-electron chi connectivity index (χ0n) is 6.62. The van der Waals surface area contributed by atoms with Gasteiger partial charge in [0.05, 0.1) is 0 Å². The molecule has 1 unspecified atom stereocenters. The molecule has 0 radical (unpaired) electrons. The molecule has 4 nitrogen and oxygen atoms in total. The second-order valence-electron chi connectivity index (χ2n) is 3.29. The summed E-state index contributed by atoms with van der Waals surface area (Å²) in [5.41, 5.74) is 0. The second-order valence-corrected chi connectivity index (χ2v) is 6.87. The molecule has 0 aliphatic rings. The first-order valence-corrected chi connectivity index (χ1v) is 4.73. The molecular weight excluding hydrogens is 167 g/mol. The summed E-state index contributed by atoms with van der Waals surface area (Å²) in [5.74, 6) is 0. The first-order valence-electron chi connectivity index (χ1n) is 2.70. The van der Waals surface area contributed by atoms with Crippen LogP contribution in [0.3, 0.4) is 0 Å². The number of hydrogen-bond acceptors (Lipinski definition) is 3. The van der Waals surface area contributed by atoms with Gasteiger partial charge in [0.15, 0.2) is 0 Å².